The summed E-state index contributed by atoms with van der Waals surface area (Å²) >= 11 is 0. The third-order valence-corrected chi connectivity index (χ3v) is 2.07. The van der Waals surface area contributed by atoms with E-state index in [4.69, 9.17) is 20.0 Å². The molecule has 21 heavy (non-hydrogen) atoms. The highest BCUT2D eigenvalue weighted by atomic mass is 16.6. The minimum absolute atomic E-state index is 0.0377. The van der Waals surface area contributed by atoms with Crippen LogP contribution in [0.3, 0.4) is 0 Å². The average Bonchev–Trinajstić information content (AvgIpc) is 2.37. The molecule has 1 rings (SSSR count). The number of ether oxygens (including phenoxy) is 2. The van der Waals surface area contributed by atoms with E-state index in [1.165, 1.54) is 12.1 Å². The number of aliphatic hydroxyl groups is 1. The van der Waals surface area contributed by atoms with E-state index in [0.29, 0.717) is 13.0 Å². The van der Waals surface area contributed by atoms with E-state index in [2.05, 4.69) is 15.5 Å². The Balaban J connectivity index is 2.53. The number of carbonyl (C=O) groups excluding carboxylic acids is 1. The minimum Gasteiger partial charge on any atom is -0.477 e. The lowest BCUT2D eigenvalue weighted by atomic mass is 10.2. The normalized spacial score (nSPS) is 10.9. The number of aliphatic hydroxyl groups excluding tert-OH is 1. The number of aromatic nitrogens is 2. The Morgan fingerprint density at radius 1 is 1.38 bits per heavy atom. The Labute approximate surface area is 123 Å². The molecule has 0 saturated carbocycles. The van der Waals surface area contributed by atoms with Crippen molar-refractivity contribution in [2.24, 2.45) is 0 Å². The summed E-state index contributed by atoms with van der Waals surface area (Å²) < 4.78 is 10.2. The molecule has 116 valence electrons. The molecule has 1 amide bonds. The average molecular weight is 296 g/mol. The summed E-state index contributed by atoms with van der Waals surface area (Å²) in [7, 11) is 0. The van der Waals surface area contributed by atoms with E-state index < -0.39 is 11.7 Å². The molecule has 0 aromatic carbocycles. The summed E-state index contributed by atoms with van der Waals surface area (Å²) in [5.41, 5.74) is -0.448. The third kappa shape index (κ3) is 6.66. The molecule has 0 bridgehead atoms. The lowest BCUT2D eigenvalue weighted by Crippen LogP contribution is -2.36. The topological polar surface area (TPSA) is 117 Å². The highest BCUT2D eigenvalue weighted by Crippen LogP contribution is 2.08. The van der Waals surface area contributed by atoms with E-state index in [1.54, 1.807) is 20.8 Å². The second kappa shape index (κ2) is 7.53. The predicted molar refractivity (Wildman–Crippen MR) is 75.4 cm³/mol. The van der Waals surface area contributed by atoms with Gasteiger partial charge in [-0.05, 0) is 26.8 Å². The fourth-order valence-electron chi connectivity index (χ4n) is 1.24. The number of amides is 1. The van der Waals surface area contributed by atoms with Gasteiger partial charge in [0.15, 0.2) is 5.84 Å². The Morgan fingerprint density at radius 2 is 2.10 bits per heavy atom. The molecule has 1 aromatic heterocycles. The van der Waals surface area contributed by atoms with Gasteiger partial charge in [0.1, 0.15) is 11.3 Å². The molecule has 0 aliphatic heterocycles. The first-order valence-corrected chi connectivity index (χ1v) is 6.48. The van der Waals surface area contributed by atoms with E-state index >= 15 is 0 Å². The van der Waals surface area contributed by atoms with Gasteiger partial charge < -0.3 is 14.6 Å². The van der Waals surface area contributed by atoms with Gasteiger partial charge in [-0.15, -0.1) is 10.2 Å². The van der Waals surface area contributed by atoms with Crippen LogP contribution in [0.15, 0.2) is 12.1 Å². The molecule has 0 spiro atoms. The molecule has 0 saturated heterocycles. The van der Waals surface area contributed by atoms with Crippen LogP contribution in [0.2, 0.25) is 0 Å². The van der Waals surface area contributed by atoms with Crippen molar-refractivity contribution in [3.8, 4) is 5.88 Å². The monoisotopic (exact) mass is 296 g/mol. The lowest BCUT2D eigenvalue weighted by Gasteiger charge is -2.19. The Morgan fingerprint density at radius 3 is 2.62 bits per heavy atom. The predicted octanol–water partition coefficient (Wildman–Crippen LogP) is 1.09. The van der Waals surface area contributed by atoms with Crippen molar-refractivity contribution < 1.29 is 19.4 Å². The van der Waals surface area contributed by atoms with Gasteiger partial charge in [0.25, 0.3) is 0 Å². The van der Waals surface area contributed by atoms with Crippen LogP contribution in [0.5, 0.6) is 5.88 Å². The second-order valence-corrected chi connectivity index (χ2v) is 5.18. The highest BCUT2D eigenvalue weighted by Gasteiger charge is 2.18. The van der Waals surface area contributed by atoms with Crippen LogP contribution >= 0.6 is 0 Å². The van der Waals surface area contributed by atoms with Gasteiger partial charge in [0.2, 0.25) is 5.88 Å². The quantitative estimate of drug-likeness (QED) is 0.425. The van der Waals surface area contributed by atoms with Crippen LogP contribution in [-0.4, -0.2) is 46.0 Å². The molecule has 0 aliphatic carbocycles. The van der Waals surface area contributed by atoms with Crippen LogP contribution in [0.25, 0.3) is 0 Å². The van der Waals surface area contributed by atoms with Gasteiger partial charge in [-0.1, -0.05) is 0 Å². The third-order valence-electron chi connectivity index (χ3n) is 2.07. The van der Waals surface area contributed by atoms with Crippen LogP contribution in [0.1, 0.15) is 32.9 Å². The Kier molecular flexibility index (Phi) is 6.04. The molecule has 0 atom stereocenters. The largest absolute Gasteiger partial charge is 0.477 e. The van der Waals surface area contributed by atoms with Crippen molar-refractivity contribution >= 4 is 11.9 Å². The molecule has 1 aromatic rings. The standard InChI is InChI=1S/C13H20N4O4/c1-13(2,3)21-12(19)15-11(14)9-5-6-10(17-16-9)20-8-4-7-18/h5-6,18H,4,7-8H2,1-3H3,(H2,14,15,19). The van der Waals surface area contributed by atoms with Gasteiger partial charge in [-0.2, -0.15) is 0 Å². The maximum absolute atomic E-state index is 11.5. The second-order valence-electron chi connectivity index (χ2n) is 5.18. The highest BCUT2D eigenvalue weighted by molar-refractivity contribution is 6.03. The van der Waals surface area contributed by atoms with Gasteiger partial charge >= 0.3 is 6.09 Å². The Bertz CT molecular complexity index is 482. The molecule has 8 heteroatoms. The first kappa shape index (κ1) is 16.8. The molecule has 8 nitrogen and oxygen atoms in total. The van der Waals surface area contributed by atoms with Crippen LogP contribution in [-0.2, 0) is 4.74 Å². The number of hydrogen-bond donors (Lipinski definition) is 3. The van der Waals surface area contributed by atoms with Crippen molar-refractivity contribution in [3.63, 3.8) is 0 Å². The summed E-state index contributed by atoms with van der Waals surface area (Å²) in [4.78, 5) is 11.5. The van der Waals surface area contributed by atoms with Crippen LogP contribution in [0, 0.1) is 5.41 Å². The summed E-state index contributed by atoms with van der Waals surface area (Å²) in [5, 5.41) is 26.2. The molecular formula is C13H20N4O4. The van der Waals surface area contributed by atoms with Gasteiger partial charge in [-0.3, -0.25) is 10.7 Å². The number of hydrogen-bond acceptors (Lipinski definition) is 7. The maximum Gasteiger partial charge on any atom is 0.413 e. The molecule has 0 fully saturated rings. The fourth-order valence-corrected chi connectivity index (χ4v) is 1.24. The zero-order valence-electron chi connectivity index (χ0n) is 12.3. The summed E-state index contributed by atoms with van der Waals surface area (Å²) in [6, 6.07) is 3.03. The number of alkyl carbamates (subject to hydrolysis) is 1. The molecular weight excluding hydrogens is 276 g/mol. The smallest absolute Gasteiger partial charge is 0.413 e. The summed E-state index contributed by atoms with van der Waals surface area (Å²) in [6.45, 7) is 5.56. The number of nitrogens with one attached hydrogen (secondary N) is 2. The molecule has 0 unspecified atom stereocenters. The molecule has 1 heterocycles. The fraction of sp³-hybridized carbons (Fsp3) is 0.538. The minimum atomic E-state index is -0.724. The van der Waals surface area contributed by atoms with Gasteiger partial charge in [0, 0.05) is 19.1 Å². The summed E-state index contributed by atoms with van der Waals surface area (Å²) in [5.74, 6) is 0.0796. The first-order valence-electron chi connectivity index (χ1n) is 6.48. The van der Waals surface area contributed by atoms with Crippen molar-refractivity contribution in [1.82, 2.24) is 15.5 Å². The number of rotatable bonds is 5. The zero-order valence-corrected chi connectivity index (χ0v) is 12.3. The first-order chi connectivity index (χ1) is 9.81. The van der Waals surface area contributed by atoms with E-state index in [9.17, 15) is 4.79 Å². The zero-order chi connectivity index (χ0) is 15.9. The number of amidine groups is 1. The van der Waals surface area contributed by atoms with Crippen molar-refractivity contribution in [2.45, 2.75) is 32.8 Å². The van der Waals surface area contributed by atoms with Crippen molar-refractivity contribution in [1.29, 1.82) is 5.41 Å². The lowest BCUT2D eigenvalue weighted by molar-refractivity contribution is 0.0563. The SMILES string of the molecule is CC(C)(C)OC(=O)NC(=N)c1ccc(OCCCO)nn1. The van der Waals surface area contributed by atoms with E-state index in [-0.39, 0.29) is 24.0 Å². The van der Waals surface area contributed by atoms with Gasteiger partial charge in [0.05, 0.1) is 6.61 Å². The maximum atomic E-state index is 11.5. The number of carbonyl (C=O) groups is 1. The van der Waals surface area contributed by atoms with Crippen molar-refractivity contribution in [2.75, 3.05) is 13.2 Å². The number of nitrogens with zero attached hydrogens (tertiary/aromatic N) is 2. The van der Waals surface area contributed by atoms with Crippen LogP contribution in [0.4, 0.5) is 4.79 Å². The van der Waals surface area contributed by atoms with E-state index in [1.807, 2.05) is 0 Å². The van der Waals surface area contributed by atoms with Crippen molar-refractivity contribution in [3.05, 3.63) is 17.8 Å². The van der Waals surface area contributed by atoms with Crippen LogP contribution < -0.4 is 10.1 Å². The molecule has 0 aliphatic rings. The van der Waals surface area contributed by atoms with E-state index in [0.717, 1.165) is 0 Å². The molecule has 0 radical (unpaired) electrons. The molecule has 3 N–H and O–H groups in total. The van der Waals surface area contributed by atoms with Gasteiger partial charge in [-0.25, -0.2) is 4.79 Å². The Hall–Kier alpha value is -2.22. The summed E-state index contributed by atoms with van der Waals surface area (Å²) in [6.07, 6.45) is -0.225.